The van der Waals surface area contributed by atoms with Crippen molar-refractivity contribution in [2.75, 3.05) is 38.6 Å². The largest absolute Gasteiger partial charge is 0.356 e. The molecule has 0 bridgehead atoms. The van der Waals surface area contributed by atoms with Crippen molar-refractivity contribution in [1.29, 1.82) is 0 Å². The number of rotatable bonds is 5. The number of hydrogen-bond acceptors (Lipinski definition) is 5. The number of piperidine rings is 1. The summed E-state index contributed by atoms with van der Waals surface area (Å²) in [7, 11) is 5.98. The van der Waals surface area contributed by atoms with Gasteiger partial charge in [-0.2, -0.15) is 0 Å². The predicted molar refractivity (Wildman–Crippen MR) is 129 cm³/mol. The Hall–Kier alpha value is -2.37. The maximum atomic E-state index is 4.57. The van der Waals surface area contributed by atoms with E-state index in [0.29, 0.717) is 5.92 Å². The fourth-order valence-electron chi connectivity index (χ4n) is 3.99. The zero-order chi connectivity index (χ0) is 20.2. The van der Waals surface area contributed by atoms with Crippen molar-refractivity contribution in [1.82, 2.24) is 34.4 Å². The van der Waals surface area contributed by atoms with E-state index in [9.17, 15) is 0 Å². The zero-order valence-corrected chi connectivity index (χ0v) is 20.1. The van der Waals surface area contributed by atoms with Crippen LogP contribution in [0.1, 0.15) is 18.5 Å². The maximum Gasteiger partial charge on any atom is 0.203 e. The lowest BCUT2D eigenvalue weighted by molar-refractivity contribution is 0.395. The highest BCUT2D eigenvalue weighted by atomic mass is 127. The van der Waals surface area contributed by atoms with Crippen molar-refractivity contribution < 1.29 is 0 Å². The number of nitrogens with one attached hydrogen (secondary N) is 1. The minimum absolute atomic E-state index is 0. The Morgan fingerprint density at radius 1 is 1.37 bits per heavy atom. The van der Waals surface area contributed by atoms with Gasteiger partial charge in [0.1, 0.15) is 6.33 Å². The van der Waals surface area contributed by atoms with Crippen LogP contribution in [0.4, 0.5) is 5.82 Å². The summed E-state index contributed by atoms with van der Waals surface area (Å²) in [5.41, 5.74) is 2.07. The lowest BCUT2D eigenvalue weighted by Gasteiger charge is -2.34. The van der Waals surface area contributed by atoms with Crippen LogP contribution in [-0.4, -0.2) is 68.7 Å². The van der Waals surface area contributed by atoms with E-state index in [1.165, 1.54) is 12.1 Å². The van der Waals surface area contributed by atoms with Crippen LogP contribution in [0.2, 0.25) is 0 Å². The smallest absolute Gasteiger partial charge is 0.203 e. The van der Waals surface area contributed by atoms with Gasteiger partial charge in [-0.3, -0.25) is 9.39 Å². The molecule has 3 aromatic rings. The van der Waals surface area contributed by atoms with E-state index in [1.807, 2.05) is 23.8 Å². The second-order valence-electron chi connectivity index (χ2n) is 7.66. The molecule has 1 fully saturated rings. The van der Waals surface area contributed by atoms with Crippen molar-refractivity contribution in [3.63, 3.8) is 0 Å². The Morgan fingerprint density at radius 3 is 3.00 bits per heavy atom. The van der Waals surface area contributed by atoms with Gasteiger partial charge in [0.25, 0.3) is 0 Å². The molecule has 0 aromatic carbocycles. The quantitative estimate of drug-likeness (QED) is 0.313. The second-order valence-corrected chi connectivity index (χ2v) is 7.66. The first kappa shape index (κ1) is 22.3. The molecule has 10 heteroatoms. The van der Waals surface area contributed by atoms with Crippen molar-refractivity contribution in [2.45, 2.75) is 19.4 Å². The second kappa shape index (κ2) is 10.1. The molecular weight excluding hydrogens is 493 g/mol. The van der Waals surface area contributed by atoms with Gasteiger partial charge in [-0.05, 0) is 30.9 Å². The third-order valence-corrected chi connectivity index (χ3v) is 5.59. The van der Waals surface area contributed by atoms with Crippen molar-refractivity contribution in [2.24, 2.45) is 18.0 Å². The molecule has 1 unspecified atom stereocenters. The van der Waals surface area contributed by atoms with Crippen LogP contribution in [0, 0.1) is 5.92 Å². The average molecular weight is 523 g/mol. The van der Waals surface area contributed by atoms with Gasteiger partial charge in [-0.25, -0.2) is 4.98 Å². The third kappa shape index (κ3) is 4.85. The van der Waals surface area contributed by atoms with Gasteiger partial charge in [0, 0.05) is 65.1 Å². The maximum absolute atomic E-state index is 4.57. The van der Waals surface area contributed by atoms with Gasteiger partial charge in [0.2, 0.25) is 5.65 Å². The van der Waals surface area contributed by atoms with Gasteiger partial charge in [0.15, 0.2) is 11.8 Å². The number of anilines is 1. The molecule has 9 nitrogen and oxygen atoms in total. The molecule has 30 heavy (non-hydrogen) atoms. The molecule has 4 heterocycles. The van der Waals surface area contributed by atoms with Crippen LogP contribution in [0.15, 0.2) is 42.0 Å². The molecular formula is C20H30IN9. The Balaban J connectivity index is 0.00000256. The number of guanidine groups is 1. The van der Waals surface area contributed by atoms with Crippen molar-refractivity contribution in [3.05, 3.63) is 42.7 Å². The van der Waals surface area contributed by atoms with E-state index in [1.54, 1.807) is 6.33 Å². The number of fused-ring (bicyclic) bond motifs is 1. The molecule has 162 valence electrons. The van der Waals surface area contributed by atoms with E-state index in [4.69, 9.17) is 0 Å². The molecule has 0 radical (unpaired) electrons. The van der Waals surface area contributed by atoms with E-state index >= 15 is 0 Å². The van der Waals surface area contributed by atoms with Crippen LogP contribution in [0.25, 0.3) is 5.65 Å². The Kier molecular flexibility index (Phi) is 7.51. The summed E-state index contributed by atoms with van der Waals surface area (Å²) in [5, 5.41) is 11.8. The van der Waals surface area contributed by atoms with E-state index in [2.05, 4.69) is 72.3 Å². The first-order valence-corrected chi connectivity index (χ1v) is 10.1. The molecule has 0 amide bonds. The molecule has 1 aliphatic rings. The summed E-state index contributed by atoms with van der Waals surface area (Å²) < 4.78 is 4.06. The highest BCUT2D eigenvalue weighted by Gasteiger charge is 2.23. The average Bonchev–Trinajstić information content (AvgIpc) is 3.37. The minimum atomic E-state index is 0. The number of aliphatic imine (C=N–C) groups is 1. The monoisotopic (exact) mass is 523 g/mol. The molecule has 1 atom stereocenters. The van der Waals surface area contributed by atoms with Crippen LogP contribution >= 0.6 is 24.0 Å². The topological polar surface area (TPSA) is 78.9 Å². The molecule has 3 aromatic heterocycles. The molecule has 1 saturated heterocycles. The Morgan fingerprint density at radius 2 is 2.23 bits per heavy atom. The van der Waals surface area contributed by atoms with Gasteiger partial charge >= 0.3 is 0 Å². The molecule has 4 rings (SSSR count). The van der Waals surface area contributed by atoms with Crippen molar-refractivity contribution in [3.8, 4) is 0 Å². The molecule has 1 N–H and O–H groups in total. The van der Waals surface area contributed by atoms with Crippen LogP contribution in [0.5, 0.6) is 0 Å². The molecule has 0 aliphatic carbocycles. The standard InChI is InChI=1S/C20H29N9.HI/c1-21-20(27(3)14-17-7-5-9-26(17)2)23-12-16-6-4-10-28(13-16)18-19-25-24-15-29(19)11-8-22-18;/h5,7-9,11,15-16H,4,6,10,12-14H2,1-3H3,(H,21,23);1H. The summed E-state index contributed by atoms with van der Waals surface area (Å²) in [6, 6.07) is 4.21. The van der Waals surface area contributed by atoms with Gasteiger partial charge in [-0.15, -0.1) is 34.2 Å². The number of nitrogens with zero attached hydrogens (tertiary/aromatic N) is 8. The highest BCUT2D eigenvalue weighted by molar-refractivity contribution is 14.0. The molecule has 0 saturated carbocycles. The van der Waals surface area contributed by atoms with Gasteiger partial charge in [0.05, 0.1) is 6.54 Å². The summed E-state index contributed by atoms with van der Waals surface area (Å²) in [6.45, 7) is 3.65. The summed E-state index contributed by atoms with van der Waals surface area (Å²) in [5.74, 6) is 2.36. The van der Waals surface area contributed by atoms with Gasteiger partial charge in [-0.1, -0.05) is 0 Å². The van der Waals surface area contributed by atoms with Crippen LogP contribution in [-0.2, 0) is 13.6 Å². The number of aryl methyl sites for hydroxylation is 1. The Labute approximate surface area is 194 Å². The van der Waals surface area contributed by atoms with E-state index in [-0.39, 0.29) is 24.0 Å². The first-order chi connectivity index (χ1) is 14.2. The predicted octanol–water partition coefficient (Wildman–Crippen LogP) is 2.00. The normalized spacial score (nSPS) is 17.1. The summed E-state index contributed by atoms with van der Waals surface area (Å²) >= 11 is 0. The highest BCUT2D eigenvalue weighted by Crippen LogP contribution is 2.23. The molecule has 0 spiro atoms. The first-order valence-electron chi connectivity index (χ1n) is 10.1. The lowest BCUT2D eigenvalue weighted by atomic mass is 9.98. The fourth-order valence-corrected chi connectivity index (χ4v) is 3.99. The zero-order valence-electron chi connectivity index (χ0n) is 17.8. The molecule has 1 aliphatic heterocycles. The van der Waals surface area contributed by atoms with Crippen LogP contribution in [0.3, 0.4) is 0 Å². The number of halogens is 1. The Bertz CT molecular complexity index is 979. The van der Waals surface area contributed by atoms with E-state index in [0.717, 1.165) is 50.0 Å². The lowest BCUT2D eigenvalue weighted by Crippen LogP contribution is -2.45. The fraction of sp³-hybridized carbons (Fsp3) is 0.500. The van der Waals surface area contributed by atoms with Crippen molar-refractivity contribution >= 4 is 41.4 Å². The third-order valence-electron chi connectivity index (χ3n) is 5.59. The van der Waals surface area contributed by atoms with E-state index < -0.39 is 0 Å². The summed E-state index contributed by atoms with van der Waals surface area (Å²) in [4.78, 5) is 13.5. The minimum Gasteiger partial charge on any atom is -0.356 e. The van der Waals surface area contributed by atoms with Crippen LogP contribution < -0.4 is 10.2 Å². The summed E-state index contributed by atoms with van der Waals surface area (Å²) in [6.07, 6.45) is 9.82. The number of aromatic nitrogens is 5. The SMILES string of the molecule is CN=C(NCC1CCCN(c2nccn3cnnc23)C1)N(C)Cc1cccn1C.I. The number of hydrogen-bond donors (Lipinski definition) is 1. The van der Waals surface area contributed by atoms with Gasteiger partial charge < -0.3 is 19.7 Å².